The second kappa shape index (κ2) is 6.06. The first kappa shape index (κ1) is 17.0. The van der Waals surface area contributed by atoms with Gasteiger partial charge in [-0.05, 0) is 56.4 Å². The quantitative estimate of drug-likeness (QED) is 0.841. The summed E-state index contributed by atoms with van der Waals surface area (Å²) in [6, 6.07) is 5.69. The molecule has 1 N–H and O–H groups in total. The van der Waals surface area contributed by atoms with Crippen molar-refractivity contribution in [3.05, 3.63) is 45.3 Å². The number of rotatable bonds is 2. The highest BCUT2D eigenvalue weighted by Crippen LogP contribution is 2.31. The Balaban J connectivity index is 1.59. The third-order valence-electron chi connectivity index (χ3n) is 5.44. The molecule has 1 amide bonds. The summed E-state index contributed by atoms with van der Waals surface area (Å²) in [6.45, 7) is 8.06. The normalized spacial score (nSPS) is 19.8. The average molecular weight is 353 g/mol. The maximum atomic E-state index is 12.2. The lowest BCUT2D eigenvalue weighted by Crippen LogP contribution is -2.48. The Labute approximate surface area is 151 Å². The lowest BCUT2D eigenvalue weighted by atomic mass is 9.87. The predicted octanol–water partition coefficient (Wildman–Crippen LogP) is 2.29. The average Bonchev–Trinajstić information content (AvgIpc) is 2.84. The summed E-state index contributed by atoms with van der Waals surface area (Å²) in [6.07, 6.45) is 1.40. The van der Waals surface area contributed by atoms with Crippen LogP contribution in [0.25, 0.3) is 11.0 Å². The zero-order valence-corrected chi connectivity index (χ0v) is 15.4. The Hall–Kier alpha value is -2.47. The summed E-state index contributed by atoms with van der Waals surface area (Å²) in [5, 5.41) is 3.82. The molecular formula is C20H23N3O3. The van der Waals surface area contributed by atoms with Gasteiger partial charge in [-0.2, -0.15) is 0 Å². The molecule has 0 unspecified atom stereocenters. The molecule has 6 nitrogen and oxygen atoms in total. The molecule has 4 rings (SSSR count). The Kier molecular flexibility index (Phi) is 3.95. The van der Waals surface area contributed by atoms with E-state index < -0.39 is 5.54 Å². The molecule has 136 valence electrons. The molecule has 1 aromatic carbocycles. The van der Waals surface area contributed by atoms with Crippen molar-refractivity contribution in [2.75, 3.05) is 13.1 Å². The molecule has 0 bridgehead atoms. The van der Waals surface area contributed by atoms with Crippen molar-refractivity contribution in [2.45, 2.75) is 45.7 Å². The van der Waals surface area contributed by atoms with Gasteiger partial charge in [0, 0.05) is 31.1 Å². The number of benzene rings is 1. The zero-order valence-electron chi connectivity index (χ0n) is 15.4. The van der Waals surface area contributed by atoms with Crippen molar-refractivity contribution in [1.29, 1.82) is 0 Å². The van der Waals surface area contributed by atoms with Crippen LogP contribution in [0.1, 0.15) is 36.5 Å². The van der Waals surface area contributed by atoms with Crippen LogP contribution in [0.15, 0.2) is 32.4 Å². The van der Waals surface area contributed by atoms with Gasteiger partial charge in [-0.1, -0.05) is 6.07 Å². The molecule has 2 aliphatic heterocycles. The number of hydrogen-bond acceptors (Lipinski definition) is 5. The van der Waals surface area contributed by atoms with Gasteiger partial charge >= 0.3 is 5.63 Å². The number of carbonyl (C=O) groups is 1. The third-order valence-corrected chi connectivity index (χ3v) is 5.44. The van der Waals surface area contributed by atoms with E-state index in [4.69, 9.17) is 4.42 Å². The fourth-order valence-corrected chi connectivity index (χ4v) is 4.15. The van der Waals surface area contributed by atoms with Gasteiger partial charge in [0.2, 0.25) is 0 Å². The first-order valence-corrected chi connectivity index (χ1v) is 9.01. The first-order chi connectivity index (χ1) is 12.4. The maximum Gasteiger partial charge on any atom is 0.336 e. The number of hydrogen-bond donors (Lipinski definition) is 1. The van der Waals surface area contributed by atoms with Crippen LogP contribution in [0, 0.1) is 13.8 Å². The molecule has 0 radical (unpaired) electrons. The number of amides is 1. The van der Waals surface area contributed by atoms with E-state index in [1.807, 2.05) is 26.8 Å². The van der Waals surface area contributed by atoms with Gasteiger partial charge in [-0.15, -0.1) is 0 Å². The Morgan fingerprint density at radius 1 is 1.15 bits per heavy atom. The molecule has 2 aromatic rings. The minimum absolute atomic E-state index is 0.0201. The monoisotopic (exact) mass is 353 g/mol. The Bertz CT molecular complexity index is 982. The number of nitrogens with zero attached hydrogens (tertiary/aromatic N) is 2. The van der Waals surface area contributed by atoms with Crippen molar-refractivity contribution >= 4 is 22.7 Å². The SMILES string of the molecule is CC1=NC2(CCN(Cc3cc(=O)oc4c(C)cc(C)cc34)CC2)C(=O)N1. The van der Waals surface area contributed by atoms with E-state index in [9.17, 15) is 9.59 Å². The van der Waals surface area contributed by atoms with Crippen LogP contribution >= 0.6 is 0 Å². The molecule has 3 heterocycles. The largest absolute Gasteiger partial charge is 0.422 e. The van der Waals surface area contributed by atoms with E-state index in [1.54, 1.807) is 6.07 Å². The summed E-state index contributed by atoms with van der Waals surface area (Å²) in [5.74, 6) is 0.729. The van der Waals surface area contributed by atoms with Crippen molar-refractivity contribution in [1.82, 2.24) is 10.2 Å². The molecule has 0 atom stereocenters. The number of aliphatic imine (C=N–C) groups is 1. The van der Waals surface area contributed by atoms with Gasteiger partial charge in [-0.3, -0.25) is 14.7 Å². The molecule has 6 heteroatoms. The molecule has 2 aliphatic rings. The molecule has 1 fully saturated rings. The summed E-state index contributed by atoms with van der Waals surface area (Å²) < 4.78 is 5.43. The summed E-state index contributed by atoms with van der Waals surface area (Å²) in [7, 11) is 0. The minimum atomic E-state index is -0.592. The Morgan fingerprint density at radius 2 is 1.88 bits per heavy atom. The topological polar surface area (TPSA) is 74.9 Å². The number of likely N-dealkylation sites (tertiary alicyclic amines) is 1. The minimum Gasteiger partial charge on any atom is -0.422 e. The molecule has 1 spiro atoms. The van der Waals surface area contributed by atoms with Gasteiger partial charge in [0.05, 0.1) is 0 Å². The standard InChI is InChI=1S/C20H23N3O3/c1-12-8-13(2)18-16(9-12)15(10-17(24)26-18)11-23-6-4-20(5-7-23)19(25)21-14(3)22-20/h8-10H,4-7,11H2,1-3H3,(H,21,22,25). The van der Waals surface area contributed by atoms with Crippen LogP contribution in [0.2, 0.25) is 0 Å². The van der Waals surface area contributed by atoms with E-state index in [2.05, 4.69) is 21.3 Å². The van der Waals surface area contributed by atoms with E-state index >= 15 is 0 Å². The van der Waals surface area contributed by atoms with E-state index in [-0.39, 0.29) is 11.5 Å². The molecular weight excluding hydrogens is 330 g/mol. The van der Waals surface area contributed by atoms with Gasteiger partial charge in [-0.25, -0.2) is 4.79 Å². The van der Waals surface area contributed by atoms with Gasteiger partial charge in [0.1, 0.15) is 17.0 Å². The zero-order chi connectivity index (χ0) is 18.5. The number of carbonyl (C=O) groups excluding carboxylic acids is 1. The molecule has 1 aromatic heterocycles. The van der Waals surface area contributed by atoms with Crippen molar-refractivity contribution in [3.8, 4) is 0 Å². The van der Waals surface area contributed by atoms with Gasteiger partial charge in [0.15, 0.2) is 0 Å². The molecule has 1 saturated heterocycles. The maximum absolute atomic E-state index is 12.2. The fourth-order valence-electron chi connectivity index (χ4n) is 4.15. The van der Waals surface area contributed by atoms with Crippen LogP contribution in [-0.2, 0) is 11.3 Å². The summed E-state index contributed by atoms with van der Waals surface area (Å²) in [5.41, 5.74) is 2.87. The van der Waals surface area contributed by atoms with Crippen LogP contribution in [0.5, 0.6) is 0 Å². The molecule has 26 heavy (non-hydrogen) atoms. The van der Waals surface area contributed by atoms with Crippen LogP contribution in [0.3, 0.4) is 0 Å². The number of nitrogens with one attached hydrogen (secondary N) is 1. The predicted molar refractivity (Wildman–Crippen MR) is 100 cm³/mol. The highest BCUT2D eigenvalue weighted by atomic mass is 16.4. The van der Waals surface area contributed by atoms with Crippen LogP contribution in [0.4, 0.5) is 0 Å². The van der Waals surface area contributed by atoms with E-state index in [0.29, 0.717) is 30.8 Å². The van der Waals surface area contributed by atoms with Gasteiger partial charge < -0.3 is 9.73 Å². The lowest BCUT2D eigenvalue weighted by Gasteiger charge is -2.35. The first-order valence-electron chi connectivity index (χ1n) is 9.01. The lowest BCUT2D eigenvalue weighted by molar-refractivity contribution is -0.125. The van der Waals surface area contributed by atoms with Crippen LogP contribution < -0.4 is 10.9 Å². The number of fused-ring (bicyclic) bond motifs is 1. The summed E-state index contributed by atoms with van der Waals surface area (Å²) >= 11 is 0. The number of amidine groups is 1. The second-order valence-corrected chi connectivity index (χ2v) is 7.51. The third kappa shape index (κ3) is 2.84. The smallest absolute Gasteiger partial charge is 0.336 e. The van der Waals surface area contributed by atoms with Crippen molar-refractivity contribution in [2.24, 2.45) is 4.99 Å². The fraction of sp³-hybridized carbons (Fsp3) is 0.450. The van der Waals surface area contributed by atoms with E-state index in [1.165, 1.54) is 0 Å². The highest BCUT2D eigenvalue weighted by Gasteiger charge is 2.44. The van der Waals surface area contributed by atoms with Crippen LogP contribution in [-0.4, -0.2) is 35.3 Å². The second-order valence-electron chi connectivity index (χ2n) is 7.51. The number of aryl methyl sites for hydroxylation is 2. The van der Waals surface area contributed by atoms with Gasteiger partial charge in [0.25, 0.3) is 5.91 Å². The van der Waals surface area contributed by atoms with E-state index in [0.717, 1.165) is 35.2 Å². The Morgan fingerprint density at radius 3 is 2.54 bits per heavy atom. The molecule has 0 aliphatic carbocycles. The van der Waals surface area contributed by atoms with Crippen molar-refractivity contribution in [3.63, 3.8) is 0 Å². The summed E-state index contributed by atoms with van der Waals surface area (Å²) in [4.78, 5) is 31.1. The molecule has 0 saturated carbocycles. The van der Waals surface area contributed by atoms with Crippen molar-refractivity contribution < 1.29 is 9.21 Å². The highest BCUT2D eigenvalue weighted by molar-refractivity contribution is 6.07. The number of piperidine rings is 1.